The third kappa shape index (κ3) is 1.27. The highest BCUT2D eigenvalue weighted by molar-refractivity contribution is 9.10. The molecule has 74 valence electrons. The Bertz CT molecular complexity index is 336. The number of halogens is 1. The second kappa shape index (κ2) is 3.39. The van der Waals surface area contributed by atoms with E-state index in [1.165, 1.54) is 5.56 Å². The number of benzene rings is 1. The van der Waals surface area contributed by atoms with Crippen molar-refractivity contribution in [3.63, 3.8) is 0 Å². The van der Waals surface area contributed by atoms with Crippen molar-refractivity contribution in [1.82, 2.24) is 5.01 Å². The Hall–Kier alpha value is -0.830. The van der Waals surface area contributed by atoms with Gasteiger partial charge in [0.25, 0.3) is 0 Å². The summed E-state index contributed by atoms with van der Waals surface area (Å²) in [5.74, 6) is 0. The Labute approximate surface area is 92.7 Å². The third-order valence-corrected chi connectivity index (χ3v) is 4.07. The second-order valence-electron chi connectivity index (χ2n) is 3.70. The van der Waals surface area contributed by atoms with Crippen molar-refractivity contribution in [3.8, 4) is 0 Å². The van der Waals surface area contributed by atoms with E-state index >= 15 is 0 Å². The van der Waals surface area contributed by atoms with E-state index in [2.05, 4.69) is 52.2 Å². The fraction of sp³-hybridized carbons (Fsp3) is 0.364. The van der Waals surface area contributed by atoms with Crippen molar-refractivity contribution in [1.29, 1.82) is 0 Å². The fourth-order valence-electron chi connectivity index (χ4n) is 1.72. The maximum Gasteiger partial charge on any atom is 0.0971 e. The van der Waals surface area contributed by atoms with Crippen LogP contribution in [0.5, 0.6) is 0 Å². The minimum Gasteiger partial charge on any atom is -0.289 e. The highest BCUT2D eigenvalue weighted by Gasteiger charge is 2.41. The molecule has 14 heavy (non-hydrogen) atoms. The maximum atomic E-state index is 4.31. The molecule has 0 saturated heterocycles. The van der Waals surface area contributed by atoms with Crippen LogP contribution in [-0.4, -0.2) is 23.1 Å². The summed E-state index contributed by atoms with van der Waals surface area (Å²) in [5, 5.41) is 6.31. The summed E-state index contributed by atoms with van der Waals surface area (Å²) >= 11 is 3.65. The van der Waals surface area contributed by atoms with Crippen LogP contribution in [0.1, 0.15) is 12.5 Å². The largest absolute Gasteiger partial charge is 0.289 e. The van der Waals surface area contributed by atoms with Crippen molar-refractivity contribution in [2.24, 2.45) is 5.10 Å². The first kappa shape index (κ1) is 9.71. The number of alkyl halides is 1. The molecule has 0 fully saturated rings. The van der Waals surface area contributed by atoms with Crippen LogP contribution >= 0.6 is 15.9 Å². The average molecular weight is 253 g/mol. The molecule has 1 aliphatic heterocycles. The van der Waals surface area contributed by atoms with E-state index in [1.807, 2.05) is 24.3 Å². The fourth-order valence-corrected chi connectivity index (χ4v) is 2.39. The second-order valence-corrected chi connectivity index (χ2v) is 4.69. The number of hydrazone groups is 1. The summed E-state index contributed by atoms with van der Waals surface area (Å²) in [6, 6.07) is 10.4. The molecule has 0 saturated carbocycles. The van der Waals surface area contributed by atoms with Crippen LogP contribution in [-0.2, 0) is 5.54 Å². The van der Waals surface area contributed by atoms with Gasteiger partial charge in [0, 0.05) is 13.3 Å². The minimum atomic E-state index is -0.0682. The van der Waals surface area contributed by atoms with Crippen LogP contribution in [0.2, 0.25) is 0 Å². The van der Waals surface area contributed by atoms with Gasteiger partial charge in [-0.15, -0.1) is 0 Å². The van der Waals surface area contributed by atoms with Crippen molar-refractivity contribution in [3.05, 3.63) is 35.9 Å². The monoisotopic (exact) mass is 252 g/mol. The molecule has 0 aliphatic carbocycles. The number of rotatable bonds is 1. The quantitative estimate of drug-likeness (QED) is 0.702. The summed E-state index contributed by atoms with van der Waals surface area (Å²) in [5.41, 5.74) is 1.21. The molecule has 3 heteroatoms. The van der Waals surface area contributed by atoms with Gasteiger partial charge in [0.05, 0.1) is 10.4 Å². The van der Waals surface area contributed by atoms with Crippen LogP contribution in [0.4, 0.5) is 0 Å². The van der Waals surface area contributed by atoms with Crippen LogP contribution in [0.3, 0.4) is 0 Å². The molecule has 2 rings (SSSR count). The molecule has 1 heterocycles. The van der Waals surface area contributed by atoms with Gasteiger partial charge < -0.3 is 0 Å². The van der Waals surface area contributed by atoms with E-state index in [9.17, 15) is 0 Å². The lowest BCUT2D eigenvalue weighted by Crippen LogP contribution is -2.40. The Morgan fingerprint density at radius 1 is 1.36 bits per heavy atom. The van der Waals surface area contributed by atoms with Gasteiger partial charge in [-0.25, -0.2) is 0 Å². The van der Waals surface area contributed by atoms with Crippen LogP contribution in [0.25, 0.3) is 0 Å². The molecule has 0 spiro atoms. The van der Waals surface area contributed by atoms with E-state index < -0.39 is 0 Å². The molecule has 0 bridgehead atoms. The van der Waals surface area contributed by atoms with Gasteiger partial charge in [0.2, 0.25) is 0 Å². The minimum absolute atomic E-state index is 0.0682. The van der Waals surface area contributed by atoms with Gasteiger partial charge >= 0.3 is 0 Å². The van der Waals surface area contributed by atoms with E-state index in [4.69, 9.17) is 0 Å². The maximum absolute atomic E-state index is 4.31. The molecule has 1 aromatic carbocycles. The predicted octanol–water partition coefficient (Wildman–Crippen LogP) is 2.60. The number of hydrogen-bond donors (Lipinski definition) is 0. The molecule has 0 N–H and O–H groups in total. The molecule has 0 aromatic heterocycles. The molecular weight excluding hydrogens is 240 g/mol. The highest BCUT2D eigenvalue weighted by Crippen LogP contribution is 2.37. The lowest BCUT2D eigenvalue weighted by Gasteiger charge is -2.34. The van der Waals surface area contributed by atoms with Gasteiger partial charge in [-0.05, 0) is 12.5 Å². The molecule has 1 aliphatic rings. The smallest absolute Gasteiger partial charge is 0.0971 e. The normalized spacial score (nSPS) is 31.1. The Morgan fingerprint density at radius 2 is 2.00 bits per heavy atom. The van der Waals surface area contributed by atoms with Crippen molar-refractivity contribution in [2.45, 2.75) is 17.3 Å². The number of nitrogens with zero attached hydrogens (tertiary/aromatic N) is 2. The summed E-state index contributed by atoms with van der Waals surface area (Å²) in [6.45, 7) is 2.19. The van der Waals surface area contributed by atoms with Gasteiger partial charge in [-0.3, -0.25) is 5.01 Å². The summed E-state index contributed by atoms with van der Waals surface area (Å²) in [6.07, 6.45) is 1.94. The summed E-state index contributed by atoms with van der Waals surface area (Å²) < 4.78 is 0. The summed E-state index contributed by atoms with van der Waals surface area (Å²) in [4.78, 5) is 0.266. The van der Waals surface area contributed by atoms with Gasteiger partial charge in [-0.1, -0.05) is 46.3 Å². The third-order valence-electron chi connectivity index (χ3n) is 2.94. The lowest BCUT2D eigenvalue weighted by atomic mass is 9.89. The van der Waals surface area contributed by atoms with Crippen molar-refractivity contribution >= 4 is 22.1 Å². The summed E-state index contributed by atoms with van der Waals surface area (Å²) in [7, 11) is 2.00. The molecule has 0 amide bonds. The molecule has 2 unspecified atom stereocenters. The van der Waals surface area contributed by atoms with Crippen molar-refractivity contribution in [2.75, 3.05) is 7.05 Å². The Kier molecular flexibility index (Phi) is 2.35. The van der Waals surface area contributed by atoms with Crippen LogP contribution in [0, 0.1) is 0 Å². The molecule has 2 atom stereocenters. The molecule has 0 radical (unpaired) electrons. The van der Waals surface area contributed by atoms with E-state index in [0.717, 1.165) is 0 Å². The van der Waals surface area contributed by atoms with E-state index in [1.54, 1.807) is 0 Å². The predicted molar refractivity (Wildman–Crippen MR) is 62.8 cm³/mol. The van der Waals surface area contributed by atoms with Crippen LogP contribution < -0.4 is 0 Å². The van der Waals surface area contributed by atoms with Crippen LogP contribution in [0.15, 0.2) is 35.4 Å². The van der Waals surface area contributed by atoms with Gasteiger partial charge in [0.1, 0.15) is 0 Å². The van der Waals surface area contributed by atoms with Crippen molar-refractivity contribution < 1.29 is 0 Å². The van der Waals surface area contributed by atoms with Gasteiger partial charge in [0.15, 0.2) is 0 Å². The Morgan fingerprint density at radius 3 is 2.50 bits per heavy atom. The molecule has 2 nitrogen and oxygen atoms in total. The highest BCUT2D eigenvalue weighted by atomic mass is 79.9. The first-order chi connectivity index (χ1) is 6.65. The first-order valence-corrected chi connectivity index (χ1v) is 5.55. The van der Waals surface area contributed by atoms with Gasteiger partial charge in [-0.2, -0.15) is 5.10 Å². The standard InChI is InChI=1S/C11H13BrN2/c1-11(9-6-4-3-5-7-9)10(12)8-13-14(11)2/h3-8,10H,1-2H3. The topological polar surface area (TPSA) is 15.6 Å². The molecular formula is C11H13BrN2. The lowest BCUT2D eigenvalue weighted by molar-refractivity contribution is 0.180. The first-order valence-electron chi connectivity index (χ1n) is 4.63. The number of hydrogen-bond acceptors (Lipinski definition) is 2. The zero-order valence-corrected chi connectivity index (χ0v) is 9.90. The SMILES string of the molecule is CN1N=CC(Br)C1(C)c1ccccc1. The zero-order valence-electron chi connectivity index (χ0n) is 8.31. The zero-order chi connectivity index (χ0) is 10.2. The Balaban J connectivity index is 2.42. The van der Waals surface area contributed by atoms with E-state index in [-0.39, 0.29) is 10.4 Å². The molecule has 1 aromatic rings. The average Bonchev–Trinajstić information content (AvgIpc) is 2.49. The van der Waals surface area contributed by atoms with E-state index in [0.29, 0.717) is 0 Å².